The van der Waals surface area contributed by atoms with Crippen LogP contribution in [0.15, 0.2) is 34.7 Å². The molecule has 0 fully saturated rings. The minimum atomic E-state index is -0.692. The lowest BCUT2D eigenvalue weighted by Gasteiger charge is -2.13. The SMILES string of the molecule is COc1ccc(Cl)cc1C(N)c1ccc([N+](=O)[O-])o1. The predicted molar refractivity (Wildman–Crippen MR) is 69.4 cm³/mol. The molecule has 0 aliphatic heterocycles. The van der Waals surface area contributed by atoms with Crippen LogP contribution in [0.4, 0.5) is 5.88 Å². The van der Waals surface area contributed by atoms with E-state index < -0.39 is 11.0 Å². The first-order valence-electron chi connectivity index (χ1n) is 5.36. The number of nitro groups is 1. The Labute approximate surface area is 113 Å². The third kappa shape index (κ3) is 2.69. The molecule has 0 amide bonds. The number of furan rings is 1. The molecule has 0 saturated carbocycles. The Morgan fingerprint density at radius 3 is 2.74 bits per heavy atom. The van der Waals surface area contributed by atoms with Crippen molar-refractivity contribution in [3.05, 3.63) is 56.8 Å². The second-order valence-electron chi connectivity index (χ2n) is 3.80. The summed E-state index contributed by atoms with van der Waals surface area (Å²) in [5.74, 6) is 0.453. The molecule has 1 unspecified atom stereocenters. The lowest BCUT2D eigenvalue weighted by molar-refractivity contribution is -0.402. The van der Waals surface area contributed by atoms with Gasteiger partial charge in [-0.2, -0.15) is 0 Å². The number of nitrogens with zero attached hydrogens (tertiary/aromatic N) is 1. The minimum Gasteiger partial charge on any atom is -0.496 e. The fourth-order valence-corrected chi connectivity index (χ4v) is 1.89. The normalized spacial score (nSPS) is 12.2. The van der Waals surface area contributed by atoms with Crippen molar-refractivity contribution in [2.24, 2.45) is 5.73 Å². The fraction of sp³-hybridized carbons (Fsp3) is 0.167. The number of hydrogen-bond donors (Lipinski definition) is 1. The highest BCUT2D eigenvalue weighted by Crippen LogP contribution is 2.32. The fourth-order valence-electron chi connectivity index (χ4n) is 1.71. The van der Waals surface area contributed by atoms with Crippen LogP contribution in [0.3, 0.4) is 0 Å². The molecule has 2 rings (SSSR count). The minimum absolute atomic E-state index is 0.271. The monoisotopic (exact) mass is 282 g/mol. The van der Waals surface area contributed by atoms with E-state index in [1.54, 1.807) is 18.2 Å². The molecular formula is C12H11ClN2O4. The third-order valence-corrected chi connectivity index (χ3v) is 2.86. The van der Waals surface area contributed by atoms with Crippen molar-refractivity contribution in [3.8, 4) is 5.75 Å². The Hall–Kier alpha value is -2.05. The number of nitrogens with two attached hydrogens (primary N) is 1. The summed E-state index contributed by atoms with van der Waals surface area (Å²) in [6.45, 7) is 0. The van der Waals surface area contributed by atoms with Crippen molar-refractivity contribution >= 4 is 17.5 Å². The first-order valence-corrected chi connectivity index (χ1v) is 5.74. The quantitative estimate of drug-likeness (QED) is 0.687. The van der Waals surface area contributed by atoms with Crippen molar-refractivity contribution in [2.45, 2.75) is 6.04 Å². The van der Waals surface area contributed by atoms with E-state index in [9.17, 15) is 10.1 Å². The van der Waals surface area contributed by atoms with Crippen molar-refractivity contribution in [1.82, 2.24) is 0 Å². The van der Waals surface area contributed by atoms with Gasteiger partial charge in [-0.25, -0.2) is 0 Å². The first kappa shape index (κ1) is 13.4. The summed E-state index contributed by atoms with van der Waals surface area (Å²) in [6.07, 6.45) is 0. The highest BCUT2D eigenvalue weighted by molar-refractivity contribution is 6.30. The Morgan fingerprint density at radius 2 is 2.16 bits per heavy atom. The lowest BCUT2D eigenvalue weighted by atomic mass is 10.0. The Bertz CT molecular complexity index is 612. The van der Waals surface area contributed by atoms with Gasteiger partial charge in [0.15, 0.2) is 0 Å². The average Bonchev–Trinajstić information content (AvgIpc) is 2.87. The van der Waals surface area contributed by atoms with Crippen LogP contribution in [-0.2, 0) is 0 Å². The number of methoxy groups -OCH3 is 1. The summed E-state index contributed by atoms with van der Waals surface area (Å²) in [5.41, 5.74) is 6.62. The zero-order valence-electron chi connectivity index (χ0n) is 10.00. The maximum Gasteiger partial charge on any atom is 0.433 e. The second kappa shape index (κ2) is 5.29. The van der Waals surface area contributed by atoms with Gasteiger partial charge in [0, 0.05) is 10.6 Å². The van der Waals surface area contributed by atoms with E-state index in [-0.39, 0.29) is 11.6 Å². The standard InChI is InChI=1S/C12H11ClN2O4/c1-18-9-3-2-7(13)6-8(9)12(14)10-4-5-11(19-10)15(16)17/h2-6,12H,14H2,1H3. The topological polar surface area (TPSA) is 91.5 Å². The summed E-state index contributed by atoms with van der Waals surface area (Å²) in [7, 11) is 1.50. The van der Waals surface area contributed by atoms with Crippen molar-refractivity contribution in [2.75, 3.05) is 7.11 Å². The van der Waals surface area contributed by atoms with E-state index in [2.05, 4.69) is 0 Å². The summed E-state index contributed by atoms with van der Waals surface area (Å²) >= 11 is 5.91. The zero-order chi connectivity index (χ0) is 14.0. The molecule has 0 aliphatic carbocycles. The Balaban J connectivity index is 2.39. The number of hydrogen-bond acceptors (Lipinski definition) is 5. The summed E-state index contributed by atoms with van der Waals surface area (Å²) in [5, 5.41) is 11.1. The van der Waals surface area contributed by atoms with Gasteiger partial charge >= 0.3 is 5.88 Å². The van der Waals surface area contributed by atoms with Crippen LogP contribution in [0.1, 0.15) is 17.4 Å². The molecule has 0 aliphatic rings. The third-order valence-electron chi connectivity index (χ3n) is 2.63. The predicted octanol–water partition coefficient (Wildman–Crippen LogP) is 2.90. The molecule has 6 nitrogen and oxygen atoms in total. The molecule has 1 aromatic heterocycles. The molecule has 2 N–H and O–H groups in total. The lowest BCUT2D eigenvalue weighted by Crippen LogP contribution is -2.12. The Morgan fingerprint density at radius 1 is 1.42 bits per heavy atom. The smallest absolute Gasteiger partial charge is 0.433 e. The highest BCUT2D eigenvalue weighted by atomic mass is 35.5. The van der Waals surface area contributed by atoms with E-state index in [1.807, 2.05) is 0 Å². The van der Waals surface area contributed by atoms with Crippen molar-refractivity contribution in [1.29, 1.82) is 0 Å². The summed E-state index contributed by atoms with van der Waals surface area (Å²) in [4.78, 5) is 9.96. The van der Waals surface area contributed by atoms with Gasteiger partial charge in [0.25, 0.3) is 0 Å². The van der Waals surface area contributed by atoms with E-state index >= 15 is 0 Å². The number of benzene rings is 1. The van der Waals surface area contributed by atoms with Gasteiger partial charge < -0.3 is 14.9 Å². The highest BCUT2D eigenvalue weighted by Gasteiger charge is 2.21. The van der Waals surface area contributed by atoms with Gasteiger partial charge in [0.2, 0.25) is 0 Å². The first-order chi connectivity index (χ1) is 9.02. The molecule has 0 bridgehead atoms. The van der Waals surface area contributed by atoms with Gasteiger partial charge in [-0.15, -0.1) is 0 Å². The van der Waals surface area contributed by atoms with Crippen LogP contribution in [0.5, 0.6) is 5.75 Å². The summed E-state index contributed by atoms with van der Waals surface area (Å²) in [6, 6.07) is 7.01. The van der Waals surface area contributed by atoms with E-state index in [0.717, 1.165) is 0 Å². The van der Waals surface area contributed by atoms with Gasteiger partial charge in [-0.05, 0) is 24.3 Å². The molecule has 0 saturated heterocycles. The maximum atomic E-state index is 10.6. The molecule has 19 heavy (non-hydrogen) atoms. The maximum absolute atomic E-state index is 10.6. The van der Waals surface area contributed by atoms with Crippen molar-refractivity contribution < 1.29 is 14.1 Å². The van der Waals surface area contributed by atoms with Gasteiger partial charge in [0.05, 0.1) is 19.2 Å². The van der Waals surface area contributed by atoms with Crippen LogP contribution in [0.2, 0.25) is 5.02 Å². The van der Waals surface area contributed by atoms with Gasteiger partial charge in [0.1, 0.15) is 16.4 Å². The van der Waals surface area contributed by atoms with Crippen LogP contribution < -0.4 is 10.5 Å². The molecule has 1 heterocycles. The average molecular weight is 283 g/mol. The van der Waals surface area contributed by atoms with Crippen LogP contribution in [-0.4, -0.2) is 12.0 Å². The van der Waals surface area contributed by atoms with Crippen LogP contribution in [0, 0.1) is 10.1 Å². The van der Waals surface area contributed by atoms with E-state index in [0.29, 0.717) is 16.3 Å². The van der Waals surface area contributed by atoms with Gasteiger partial charge in [-0.1, -0.05) is 11.6 Å². The molecular weight excluding hydrogens is 272 g/mol. The van der Waals surface area contributed by atoms with Crippen LogP contribution >= 0.6 is 11.6 Å². The van der Waals surface area contributed by atoms with E-state index in [1.165, 1.54) is 19.2 Å². The van der Waals surface area contributed by atoms with E-state index in [4.69, 9.17) is 26.5 Å². The molecule has 7 heteroatoms. The van der Waals surface area contributed by atoms with Crippen LogP contribution in [0.25, 0.3) is 0 Å². The molecule has 1 aromatic carbocycles. The Kier molecular flexibility index (Phi) is 3.73. The summed E-state index contributed by atoms with van der Waals surface area (Å²) < 4.78 is 10.3. The largest absolute Gasteiger partial charge is 0.496 e. The molecule has 1 atom stereocenters. The number of halogens is 1. The number of rotatable bonds is 4. The second-order valence-corrected chi connectivity index (χ2v) is 4.23. The van der Waals surface area contributed by atoms with Gasteiger partial charge in [-0.3, -0.25) is 10.1 Å². The molecule has 0 spiro atoms. The van der Waals surface area contributed by atoms with Crippen molar-refractivity contribution in [3.63, 3.8) is 0 Å². The molecule has 100 valence electrons. The number of ether oxygens (including phenoxy) is 1. The molecule has 2 aromatic rings. The molecule has 0 radical (unpaired) electrons. The zero-order valence-corrected chi connectivity index (χ0v) is 10.8.